The lowest BCUT2D eigenvalue weighted by Gasteiger charge is -2.34. The van der Waals surface area contributed by atoms with Gasteiger partial charge in [-0.3, -0.25) is 9.69 Å². The van der Waals surface area contributed by atoms with Crippen LogP contribution in [0.4, 0.5) is 5.82 Å². The average molecular weight is 735 g/mol. The highest BCUT2D eigenvalue weighted by Crippen LogP contribution is 2.32. The molecule has 3 heterocycles. The van der Waals surface area contributed by atoms with Crippen LogP contribution in [0.25, 0.3) is 21.9 Å². The SMILES string of the molecule is CCCCCCCCCCCCCCCCCC(=O)N1CCN(CCCc2ccc3c(c2)nc(N)c2nc(CCCC)n(CC(C)(CO)CO)c23)CC1. The van der Waals surface area contributed by atoms with Crippen molar-refractivity contribution in [3.63, 3.8) is 0 Å². The third kappa shape index (κ3) is 13.5. The average Bonchev–Trinajstić information content (AvgIpc) is 3.53. The van der Waals surface area contributed by atoms with Gasteiger partial charge >= 0.3 is 0 Å². The number of carbonyl (C=O) groups is 1. The van der Waals surface area contributed by atoms with E-state index in [9.17, 15) is 15.0 Å². The Labute approximate surface area is 321 Å². The summed E-state index contributed by atoms with van der Waals surface area (Å²) in [6.45, 7) is 11.1. The number of imidazole rings is 1. The normalized spacial score (nSPS) is 14.2. The maximum Gasteiger partial charge on any atom is 0.222 e. The number of fused-ring (bicyclic) bond motifs is 3. The quantitative estimate of drug-likeness (QED) is 0.0670. The number of benzene rings is 1. The molecule has 298 valence electrons. The van der Waals surface area contributed by atoms with E-state index in [0.29, 0.717) is 30.2 Å². The van der Waals surface area contributed by atoms with Gasteiger partial charge in [0, 0.05) is 56.4 Å². The first kappa shape index (κ1) is 43.0. The smallest absolute Gasteiger partial charge is 0.222 e. The first-order valence-electron chi connectivity index (χ1n) is 21.6. The van der Waals surface area contributed by atoms with Crippen LogP contribution in [0.2, 0.25) is 0 Å². The van der Waals surface area contributed by atoms with Crippen molar-refractivity contribution in [3.8, 4) is 0 Å². The molecule has 0 bridgehead atoms. The fourth-order valence-electron chi connectivity index (χ4n) is 7.92. The van der Waals surface area contributed by atoms with E-state index in [1.807, 2.05) is 6.92 Å². The van der Waals surface area contributed by atoms with E-state index in [-0.39, 0.29) is 13.2 Å². The number of carbonyl (C=O) groups excluding carboxylic acids is 1. The number of nitrogens with two attached hydrogens (primary N) is 1. The summed E-state index contributed by atoms with van der Waals surface area (Å²) in [7, 11) is 0. The second-order valence-electron chi connectivity index (χ2n) is 16.4. The molecular weight excluding hydrogens is 661 g/mol. The van der Waals surface area contributed by atoms with E-state index in [1.165, 1.54) is 95.5 Å². The summed E-state index contributed by atoms with van der Waals surface area (Å²) < 4.78 is 2.16. The maximum absolute atomic E-state index is 12.9. The first-order chi connectivity index (χ1) is 25.8. The van der Waals surface area contributed by atoms with Crippen LogP contribution < -0.4 is 5.73 Å². The van der Waals surface area contributed by atoms with Gasteiger partial charge in [0.2, 0.25) is 5.91 Å². The van der Waals surface area contributed by atoms with Gasteiger partial charge in [0.15, 0.2) is 5.82 Å². The van der Waals surface area contributed by atoms with Gasteiger partial charge < -0.3 is 25.4 Å². The zero-order valence-corrected chi connectivity index (χ0v) is 33.9. The zero-order chi connectivity index (χ0) is 37.9. The fraction of sp³-hybridized carbons (Fsp3) is 0.750. The molecule has 4 N–H and O–H groups in total. The molecule has 0 radical (unpaired) electrons. The van der Waals surface area contributed by atoms with E-state index in [0.717, 1.165) is 93.5 Å². The van der Waals surface area contributed by atoms with E-state index in [2.05, 4.69) is 46.4 Å². The molecule has 3 aromatic rings. The Morgan fingerprint density at radius 2 is 1.34 bits per heavy atom. The first-order valence-corrected chi connectivity index (χ1v) is 21.6. The summed E-state index contributed by atoms with van der Waals surface area (Å²) in [5.74, 6) is 1.68. The van der Waals surface area contributed by atoms with E-state index in [1.54, 1.807) is 0 Å². The van der Waals surface area contributed by atoms with Crippen molar-refractivity contribution in [3.05, 3.63) is 29.6 Å². The van der Waals surface area contributed by atoms with Crippen molar-refractivity contribution in [2.24, 2.45) is 5.41 Å². The van der Waals surface area contributed by atoms with Crippen molar-refractivity contribution in [2.75, 3.05) is 51.7 Å². The molecule has 9 heteroatoms. The highest BCUT2D eigenvalue weighted by Gasteiger charge is 2.27. The number of rotatable bonds is 27. The Bertz CT molecular complexity index is 1490. The minimum atomic E-state index is -0.677. The number of nitrogens with zero attached hydrogens (tertiary/aromatic N) is 5. The minimum Gasteiger partial charge on any atom is -0.396 e. The topological polar surface area (TPSA) is 121 Å². The molecular formula is C44H74N6O3. The van der Waals surface area contributed by atoms with Gasteiger partial charge in [-0.25, -0.2) is 9.97 Å². The summed E-state index contributed by atoms with van der Waals surface area (Å²) in [5.41, 5.74) is 9.54. The lowest BCUT2D eigenvalue weighted by molar-refractivity contribution is -0.133. The number of hydrogen-bond acceptors (Lipinski definition) is 7. The standard InChI is InChI=1S/C44H74N6O3/c1-4-6-8-9-10-11-12-13-14-15-16-17-18-19-20-24-40(53)49-30-28-48(29-31-49)27-21-22-36-25-26-37-38(32-36)46-43(45)41-42(37)50(33-44(3,34-51)35-52)39(47-41)23-7-5-2/h25-26,32,51-52H,4-24,27-31,33-35H2,1-3H3,(H2,45,46). The number of aryl methyl sites for hydroxylation is 2. The van der Waals surface area contributed by atoms with Gasteiger partial charge in [-0.15, -0.1) is 0 Å². The third-order valence-electron chi connectivity index (χ3n) is 11.6. The number of aromatic nitrogens is 3. The van der Waals surface area contributed by atoms with Crippen LogP contribution in [0.1, 0.15) is 154 Å². The van der Waals surface area contributed by atoms with Crippen molar-refractivity contribution in [1.29, 1.82) is 0 Å². The van der Waals surface area contributed by atoms with Crippen LogP contribution in [0, 0.1) is 5.41 Å². The molecule has 2 aromatic heterocycles. The monoisotopic (exact) mass is 735 g/mol. The van der Waals surface area contributed by atoms with Crippen LogP contribution in [0.3, 0.4) is 0 Å². The molecule has 9 nitrogen and oxygen atoms in total. The third-order valence-corrected chi connectivity index (χ3v) is 11.6. The maximum atomic E-state index is 12.9. The van der Waals surface area contributed by atoms with Crippen LogP contribution >= 0.6 is 0 Å². The molecule has 1 aliphatic heterocycles. The molecule has 4 rings (SSSR count). The Kier molecular flexibility index (Phi) is 18.8. The van der Waals surface area contributed by atoms with E-state index in [4.69, 9.17) is 15.7 Å². The number of hydrogen-bond donors (Lipinski definition) is 3. The number of amides is 1. The van der Waals surface area contributed by atoms with Gasteiger partial charge in [-0.2, -0.15) is 0 Å². The van der Waals surface area contributed by atoms with Gasteiger partial charge in [0.05, 0.1) is 24.2 Å². The van der Waals surface area contributed by atoms with Gasteiger partial charge in [0.1, 0.15) is 11.3 Å². The van der Waals surface area contributed by atoms with Crippen molar-refractivity contribution in [1.82, 2.24) is 24.3 Å². The van der Waals surface area contributed by atoms with Gasteiger partial charge in [0.25, 0.3) is 0 Å². The number of aliphatic hydroxyl groups excluding tert-OH is 2. The lowest BCUT2D eigenvalue weighted by Crippen LogP contribution is -2.48. The second kappa shape index (κ2) is 23.2. The number of pyridine rings is 1. The van der Waals surface area contributed by atoms with Gasteiger partial charge in [-0.1, -0.05) is 129 Å². The number of piperazine rings is 1. The minimum absolute atomic E-state index is 0.121. The molecule has 53 heavy (non-hydrogen) atoms. The van der Waals surface area contributed by atoms with Crippen LogP contribution in [0.15, 0.2) is 18.2 Å². The summed E-state index contributed by atoms with van der Waals surface area (Å²) in [4.78, 5) is 27.2. The Hall–Kier alpha value is -2.75. The van der Waals surface area contributed by atoms with Crippen molar-refractivity contribution >= 4 is 33.7 Å². The number of anilines is 1. The molecule has 1 fully saturated rings. The lowest BCUT2D eigenvalue weighted by atomic mass is 9.92. The predicted octanol–water partition coefficient (Wildman–Crippen LogP) is 8.84. The molecule has 1 aromatic carbocycles. The fourth-order valence-corrected chi connectivity index (χ4v) is 7.92. The van der Waals surface area contributed by atoms with Crippen LogP contribution in [0.5, 0.6) is 0 Å². The molecule has 1 saturated heterocycles. The molecule has 1 aliphatic rings. The molecule has 1 amide bonds. The molecule has 0 spiro atoms. The van der Waals surface area contributed by atoms with Crippen molar-refractivity contribution in [2.45, 2.75) is 162 Å². The highest BCUT2D eigenvalue weighted by molar-refractivity contribution is 6.06. The van der Waals surface area contributed by atoms with Crippen molar-refractivity contribution < 1.29 is 15.0 Å². The zero-order valence-electron chi connectivity index (χ0n) is 33.9. The number of nitrogen functional groups attached to an aromatic ring is 1. The Morgan fingerprint density at radius 3 is 1.92 bits per heavy atom. The molecule has 0 saturated carbocycles. The summed E-state index contributed by atoms with van der Waals surface area (Å²) in [5, 5.41) is 21.2. The van der Waals surface area contributed by atoms with E-state index < -0.39 is 5.41 Å². The molecule has 0 aliphatic carbocycles. The van der Waals surface area contributed by atoms with Crippen LogP contribution in [-0.4, -0.2) is 86.4 Å². The Morgan fingerprint density at radius 1 is 0.755 bits per heavy atom. The second-order valence-corrected chi connectivity index (χ2v) is 16.4. The summed E-state index contributed by atoms with van der Waals surface area (Å²) in [6.07, 6.45) is 25.7. The van der Waals surface area contributed by atoms with E-state index >= 15 is 0 Å². The summed E-state index contributed by atoms with van der Waals surface area (Å²) in [6, 6.07) is 6.48. The number of unbranched alkanes of at least 4 members (excludes halogenated alkanes) is 15. The van der Waals surface area contributed by atoms with Gasteiger partial charge in [-0.05, 0) is 43.9 Å². The summed E-state index contributed by atoms with van der Waals surface area (Å²) >= 11 is 0. The highest BCUT2D eigenvalue weighted by atomic mass is 16.3. The number of aliphatic hydroxyl groups is 2. The molecule has 0 atom stereocenters. The predicted molar refractivity (Wildman–Crippen MR) is 221 cm³/mol. The van der Waals surface area contributed by atoms with Crippen LogP contribution in [-0.2, 0) is 24.2 Å². The molecule has 0 unspecified atom stereocenters. The largest absolute Gasteiger partial charge is 0.396 e. The Balaban J connectivity index is 1.14.